The third-order valence-electron chi connectivity index (χ3n) is 6.19. The quantitative estimate of drug-likeness (QED) is 0.216. The summed E-state index contributed by atoms with van der Waals surface area (Å²) in [5.41, 5.74) is 2.62. The Bertz CT molecular complexity index is 914. The fourth-order valence-electron chi connectivity index (χ4n) is 3.71. The number of amides is 4. The maximum absolute atomic E-state index is 12.8. The van der Waals surface area contributed by atoms with E-state index in [4.69, 9.17) is 4.74 Å². The topological polar surface area (TPSA) is 145 Å². The van der Waals surface area contributed by atoms with Gasteiger partial charge in [0.15, 0.2) is 0 Å². The lowest BCUT2D eigenvalue weighted by atomic mass is 10.0. The SMILES string of the molecule is CC[C@@H](CC[C@H](CC)NC(=O)[C@H](CO)NC(=O)N(C)CC1=CSC(C(C)C)N1)NC(=O)OCc1cncs1. The highest BCUT2D eigenvalue weighted by atomic mass is 32.2. The first-order valence-corrected chi connectivity index (χ1v) is 14.8. The van der Waals surface area contributed by atoms with Gasteiger partial charge in [-0.15, -0.1) is 23.1 Å². The summed E-state index contributed by atoms with van der Waals surface area (Å²) in [7, 11) is 1.65. The van der Waals surface area contributed by atoms with Crippen molar-refractivity contribution in [3.05, 3.63) is 27.7 Å². The van der Waals surface area contributed by atoms with Gasteiger partial charge in [0, 0.05) is 31.0 Å². The first-order valence-electron chi connectivity index (χ1n) is 13.0. The first kappa shape index (κ1) is 31.7. The van der Waals surface area contributed by atoms with Crippen molar-refractivity contribution in [2.24, 2.45) is 5.92 Å². The predicted molar refractivity (Wildman–Crippen MR) is 150 cm³/mol. The molecule has 0 aliphatic carbocycles. The molecule has 4 amide bonds. The number of ether oxygens (including phenoxy) is 1. The third kappa shape index (κ3) is 10.7. The number of nitrogens with one attached hydrogen (secondary N) is 4. The van der Waals surface area contributed by atoms with Gasteiger partial charge in [0.25, 0.3) is 0 Å². The highest BCUT2D eigenvalue weighted by Gasteiger charge is 2.26. The Morgan fingerprint density at radius 2 is 1.84 bits per heavy atom. The standard InChI is InChI=1S/C25H42N6O5S2/c1-6-17(8-9-18(7-2)29-25(35)36-13-20-10-26-15-38-20)27-22(33)21(12-32)30-24(34)31(5)11-19-14-37-23(28-19)16(3)4/h10,14-18,21,23,28,32H,6-9,11-13H2,1-5H3,(H,27,33)(H,29,35)(H,30,34)/t17-,18-,21-,23?/m0/s1. The normalized spacial score (nSPS) is 17.1. The minimum atomic E-state index is -1.07. The number of alkyl carbamates (subject to hydrolysis) is 1. The van der Waals surface area contributed by atoms with Crippen LogP contribution < -0.4 is 21.3 Å². The average molecular weight is 571 g/mol. The number of aliphatic hydroxyl groups excluding tert-OH is 1. The van der Waals surface area contributed by atoms with E-state index >= 15 is 0 Å². The van der Waals surface area contributed by atoms with E-state index < -0.39 is 30.7 Å². The van der Waals surface area contributed by atoms with Gasteiger partial charge in [-0.1, -0.05) is 27.7 Å². The van der Waals surface area contributed by atoms with Gasteiger partial charge >= 0.3 is 12.1 Å². The van der Waals surface area contributed by atoms with Gasteiger partial charge in [0.1, 0.15) is 12.6 Å². The Kier molecular flexibility index (Phi) is 13.7. The molecule has 214 valence electrons. The van der Waals surface area contributed by atoms with Crippen molar-refractivity contribution in [3.8, 4) is 0 Å². The molecule has 2 heterocycles. The van der Waals surface area contributed by atoms with E-state index in [1.807, 2.05) is 19.3 Å². The molecule has 0 aromatic carbocycles. The molecule has 0 bridgehead atoms. The molecular formula is C25H42N6O5S2. The smallest absolute Gasteiger partial charge is 0.407 e. The van der Waals surface area contributed by atoms with E-state index in [1.54, 1.807) is 30.5 Å². The number of thiazole rings is 1. The summed E-state index contributed by atoms with van der Waals surface area (Å²) in [4.78, 5) is 43.9. The number of urea groups is 1. The number of hydrogen-bond donors (Lipinski definition) is 5. The number of aromatic nitrogens is 1. The zero-order valence-electron chi connectivity index (χ0n) is 22.9. The van der Waals surface area contributed by atoms with Gasteiger partial charge in [-0.2, -0.15) is 0 Å². The van der Waals surface area contributed by atoms with Crippen molar-refractivity contribution >= 4 is 41.1 Å². The summed E-state index contributed by atoms with van der Waals surface area (Å²) >= 11 is 3.11. The highest BCUT2D eigenvalue weighted by Crippen LogP contribution is 2.26. The lowest BCUT2D eigenvalue weighted by Gasteiger charge is -2.26. The molecule has 0 spiro atoms. The monoisotopic (exact) mass is 570 g/mol. The number of thioether (sulfide) groups is 1. The second-order valence-electron chi connectivity index (χ2n) is 9.61. The lowest BCUT2D eigenvalue weighted by Crippen LogP contribution is -2.54. The molecule has 4 atom stereocenters. The molecule has 11 nitrogen and oxygen atoms in total. The molecule has 13 heteroatoms. The number of likely N-dealkylation sites (N-methyl/N-ethyl adjacent to an activating group) is 1. The molecule has 38 heavy (non-hydrogen) atoms. The Morgan fingerprint density at radius 3 is 2.39 bits per heavy atom. The molecule has 0 fully saturated rings. The van der Waals surface area contributed by atoms with E-state index in [2.05, 4.69) is 40.1 Å². The van der Waals surface area contributed by atoms with Crippen LogP contribution >= 0.6 is 23.1 Å². The summed E-state index contributed by atoms with van der Waals surface area (Å²) in [6.45, 7) is 8.22. The van der Waals surface area contributed by atoms with Crippen LogP contribution in [-0.2, 0) is 16.1 Å². The van der Waals surface area contributed by atoms with E-state index in [0.29, 0.717) is 38.1 Å². The van der Waals surface area contributed by atoms with Crippen LogP contribution in [0.25, 0.3) is 0 Å². The Hall–Kier alpha value is -2.51. The van der Waals surface area contributed by atoms with Crippen LogP contribution in [0.4, 0.5) is 9.59 Å². The molecule has 0 saturated carbocycles. The van der Waals surface area contributed by atoms with Gasteiger partial charge in [-0.3, -0.25) is 9.78 Å². The number of aliphatic hydroxyl groups is 1. The molecule has 1 aliphatic heterocycles. The molecule has 0 saturated heterocycles. The second kappa shape index (κ2) is 16.5. The highest BCUT2D eigenvalue weighted by molar-refractivity contribution is 8.03. The summed E-state index contributed by atoms with van der Waals surface area (Å²) in [5, 5.41) is 23.9. The van der Waals surface area contributed by atoms with Gasteiger partial charge in [0.05, 0.1) is 28.9 Å². The van der Waals surface area contributed by atoms with Gasteiger partial charge < -0.3 is 36.0 Å². The fraction of sp³-hybridized carbons (Fsp3) is 0.680. The first-order chi connectivity index (χ1) is 18.2. The van der Waals surface area contributed by atoms with Crippen molar-refractivity contribution in [2.75, 3.05) is 20.2 Å². The summed E-state index contributed by atoms with van der Waals surface area (Å²) in [6.07, 6.45) is 3.81. The van der Waals surface area contributed by atoms with Crippen LogP contribution in [0.5, 0.6) is 0 Å². The van der Waals surface area contributed by atoms with Crippen LogP contribution in [0.15, 0.2) is 22.8 Å². The second-order valence-corrected chi connectivity index (χ2v) is 11.6. The molecule has 1 aromatic heterocycles. The third-order valence-corrected chi connectivity index (χ3v) is 8.32. The van der Waals surface area contributed by atoms with Crippen LogP contribution in [0.1, 0.15) is 58.3 Å². The maximum atomic E-state index is 12.8. The predicted octanol–water partition coefficient (Wildman–Crippen LogP) is 2.99. The van der Waals surface area contributed by atoms with E-state index in [-0.39, 0.29) is 24.1 Å². The average Bonchev–Trinajstić information content (AvgIpc) is 3.59. The molecule has 1 unspecified atom stereocenters. The lowest BCUT2D eigenvalue weighted by molar-refractivity contribution is -0.124. The molecule has 2 rings (SSSR count). The Labute approximate surface area is 233 Å². The maximum Gasteiger partial charge on any atom is 0.407 e. The van der Waals surface area contributed by atoms with Gasteiger partial charge in [-0.05, 0) is 37.0 Å². The van der Waals surface area contributed by atoms with Crippen LogP contribution in [-0.4, -0.2) is 76.7 Å². The molecule has 1 aliphatic rings. The van der Waals surface area contributed by atoms with Crippen molar-refractivity contribution < 1.29 is 24.2 Å². The van der Waals surface area contributed by atoms with Crippen molar-refractivity contribution in [3.63, 3.8) is 0 Å². The van der Waals surface area contributed by atoms with Gasteiger partial charge in [0.2, 0.25) is 5.91 Å². The minimum absolute atomic E-state index is 0.108. The van der Waals surface area contributed by atoms with Crippen molar-refractivity contribution in [2.45, 2.75) is 83.5 Å². The number of carbonyl (C=O) groups is 3. The van der Waals surface area contributed by atoms with Crippen molar-refractivity contribution in [1.82, 2.24) is 31.2 Å². The van der Waals surface area contributed by atoms with Crippen molar-refractivity contribution in [1.29, 1.82) is 0 Å². The van der Waals surface area contributed by atoms with E-state index in [0.717, 1.165) is 10.6 Å². The van der Waals surface area contributed by atoms with Crippen LogP contribution in [0, 0.1) is 5.92 Å². The molecule has 1 aromatic rings. The molecular weight excluding hydrogens is 528 g/mol. The largest absolute Gasteiger partial charge is 0.444 e. The Morgan fingerprint density at radius 1 is 1.16 bits per heavy atom. The Balaban J connectivity index is 1.77. The number of nitrogens with zero attached hydrogens (tertiary/aromatic N) is 2. The fourth-order valence-corrected chi connectivity index (χ4v) is 5.21. The van der Waals surface area contributed by atoms with E-state index in [1.165, 1.54) is 16.2 Å². The summed E-state index contributed by atoms with van der Waals surface area (Å²) in [5.74, 6) is 0.00736. The van der Waals surface area contributed by atoms with Crippen LogP contribution in [0.2, 0.25) is 0 Å². The molecule has 0 radical (unpaired) electrons. The van der Waals surface area contributed by atoms with Gasteiger partial charge in [-0.25, -0.2) is 9.59 Å². The number of rotatable bonds is 15. The van der Waals surface area contributed by atoms with E-state index in [9.17, 15) is 19.5 Å². The minimum Gasteiger partial charge on any atom is -0.444 e. The van der Waals surface area contributed by atoms with Crippen LogP contribution in [0.3, 0.4) is 0 Å². The molecule has 5 N–H and O–H groups in total. The number of hydrogen-bond acceptors (Lipinski definition) is 9. The summed E-state index contributed by atoms with van der Waals surface area (Å²) < 4.78 is 5.25. The zero-order chi connectivity index (χ0) is 28.1. The summed E-state index contributed by atoms with van der Waals surface area (Å²) in [6, 6.07) is -1.79. The number of carbonyl (C=O) groups excluding carboxylic acids is 3. The zero-order valence-corrected chi connectivity index (χ0v) is 24.5.